The molecule has 0 aromatic heterocycles. The molecule has 1 N–H and O–H groups in total. The standard InChI is InChI=1S/C21H33NO3/c1-2-25-18-12-17(23)21(18)3-5-22(6-4-21)20(24)19-15-8-13-7-14(10-15)11-16(19)9-13/h13-19,23H,2-12H2,1H3. The number of aliphatic hydroxyl groups is 1. The molecule has 4 nitrogen and oxygen atoms in total. The highest BCUT2D eigenvalue weighted by Crippen LogP contribution is 2.57. The molecule has 6 fully saturated rings. The second kappa shape index (κ2) is 5.95. The van der Waals surface area contributed by atoms with Gasteiger partial charge in [-0.25, -0.2) is 0 Å². The minimum atomic E-state index is -0.234. The predicted octanol–water partition coefficient (Wildman–Crippen LogP) is 2.84. The summed E-state index contributed by atoms with van der Waals surface area (Å²) in [5, 5.41) is 10.4. The monoisotopic (exact) mass is 347 g/mol. The maximum atomic E-state index is 13.3. The van der Waals surface area contributed by atoms with E-state index in [1.54, 1.807) is 0 Å². The van der Waals surface area contributed by atoms with Crippen LogP contribution >= 0.6 is 0 Å². The van der Waals surface area contributed by atoms with Gasteiger partial charge >= 0.3 is 0 Å². The Balaban J connectivity index is 1.25. The Hall–Kier alpha value is -0.610. The van der Waals surface area contributed by atoms with Crippen molar-refractivity contribution in [1.29, 1.82) is 0 Å². The molecule has 1 heterocycles. The molecule has 1 saturated heterocycles. The van der Waals surface area contributed by atoms with E-state index in [2.05, 4.69) is 4.90 Å². The van der Waals surface area contributed by atoms with Crippen LogP contribution in [0.15, 0.2) is 0 Å². The van der Waals surface area contributed by atoms with Crippen LogP contribution in [0.3, 0.4) is 0 Å². The molecule has 140 valence electrons. The third-order valence-electron chi connectivity index (χ3n) is 8.63. The second-order valence-corrected chi connectivity index (χ2v) is 9.71. The first-order chi connectivity index (χ1) is 12.1. The van der Waals surface area contributed by atoms with Gasteiger partial charge in [0.2, 0.25) is 5.91 Å². The van der Waals surface area contributed by atoms with Crippen LogP contribution in [-0.2, 0) is 9.53 Å². The molecule has 4 bridgehead atoms. The van der Waals surface area contributed by atoms with Crippen LogP contribution in [0.4, 0.5) is 0 Å². The highest BCUT2D eigenvalue weighted by molar-refractivity contribution is 5.80. The molecule has 5 aliphatic carbocycles. The molecule has 2 atom stereocenters. The summed E-state index contributed by atoms with van der Waals surface area (Å²) >= 11 is 0. The normalized spacial score (nSPS) is 47.1. The van der Waals surface area contributed by atoms with E-state index in [1.165, 1.54) is 32.1 Å². The number of rotatable bonds is 3. The largest absolute Gasteiger partial charge is 0.392 e. The molecule has 6 aliphatic rings. The Kier molecular flexibility index (Phi) is 3.94. The molecular formula is C21H33NO3. The lowest BCUT2D eigenvalue weighted by atomic mass is 9.51. The summed E-state index contributed by atoms with van der Waals surface area (Å²) in [6.45, 7) is 4.39. The predicted molar refractivity (Wildman–Crippen MR) is 94.8 cm³/mol. The van der Waals surface area contributed by atoms with Gasteiger partial charge in [0.05, 0.1) is 12.2 Å². The van der Waals surface area contributed by atoms with Crippen LogP contribution in [0.2, 0.25) is 0 Å². The van der Waals surface area contributed by atoms with Crippen molar-refractivity contribution in [3.05, 3.63) is 0 Å². The van der Waals surface area contributed by atoms with Crippen LogP contribution in [0.1, 0.15) is 58.3 Å². The van der Waals surface area contributed by atoms with Gasteiger partial charge in [-0.2, -0.15) is 0 Å². The number of nitrogens with zero attached hydrogens (tertiary/aromatic N) is 1. The van der Waals surface area contributed by atoms with Crippen molar-refractivity contribution in [3.8, 4) is 0 Å². The zero-order valence-corrected chi connectivity index (χ0v) is 15.5. The number of carbonyl (C=O) groups excluding carboxylic acids is 1. The first kappa shape index (κ1) is 16.6. The van der Waals surface area contributed by atoms with Crippen LogP contribution in [0.5, 0.6) is 0 Å². The summed E-state index contributed by atoms with van der Waals surface area (Å²) in [7, 11) is 0. The summed E-state index contributed by atoms with van der Waals surface area (Å²) in [6, 6.07) is 0. The Labute approximate surface area is 151 Å². The molecule has 0 aromatic rings. The zero-order chi connectivity index (χ0) is 17.2. The number of hydrogen-bond donors (Lipinski definition) is 1. The number of amides is 1. The molecule has 1 amide bonds. The molecular weight excluding hydrogens is 314 g/mol. The summed E-state index contributed by atoms with van der Waals surface area (Å²) in [4.78, 5) is 15.5. The van der Waals surface area contributed by atoms with E-state index in [0.717, 1.165) is 50.8 Å². The van der Waals surface area contributed by atoms with Crippen molar-refractivity contribution in [3.63, 3.8) is 0 Å². The maximum absolute atomic E-state index is 13.3. The average molecular weight is 347 g/mol. The summed E-state index contributed by atoms with van der Waals surface area (Å²) < 4.78 is 5.87. The van der Waals surface area contributed by atoms with Gasteiger partial charge in [0.15, 0.2) is 0 Å². The Bertz CT molecular complexity index is 509. The number of ether oxygens (including phenoxy) is 1. The molecule has 0 radical (unpaired) electrons. The van der Waals surface area contributed by atoms with Crippen molar-refractivity contribution in [2.45, 2.75) is 70.5 Å². The van der Waals surface area contributed by atoms with Gasteiger partial charge in [-0.3, -0.25) is 4.79 Å². The van der Waals surface area contributed by atoms with Crippen LogP contribution in [0, 0.1) is 35.0 Å². The van der Waals surface area contributed by atoms with Crippen LogP contribution < -0.4 is 0 Å². The molecule has 1 aliphatic heterocycles. The van der Waals surface area contributed by atoms with Crippen LogP contribution in [-0.4, -0.2) is 47.8 Å². The molecule has 5 saturated carbocycles. The fraction of sp³-hybridized carbons (Fsp3) is 0.952. The lowest BCUT2D eigenvalue weighted by Gasteiger charge is -2.58. The molecule has 6 rings (SSSR count). The van der Waals surface area contributed by atoms with Gasteiger partial charge in [-0.1, -0.05) is 0 Å². The van der Waals surface area contributed by atoms with E-state index in [4.69, 9.17) is 4.74 Å². The lowest BCUT2D eigenvalue weighted by Crippen LogP contribution is -2.63. The van der Waals surface area contributed by atoms with Gasteiger partial charge < -0.3 is 14.7 Å². The molecule has 2 unspecified atom stereocenters. The van der Waals surface area contributed by atoms with Gasteiger partial charge in [0, 0.05) is 37.5 Å². The molecule has 1 spiro atoms. The van der Waals surface area contributed by atoms with Crippen molar-refractivity contribution < 1.29 is 14.6 Å². The number of piperidine rings is 1. The van der Waals surface area contributed by atoms with E-state index in [-0.39, 0.29) is 17.6 Å². The lowest BCUT2D eigenvalue weighted by molar-refractivity contribution is -0.211. The quantitative estimate of drug-likeness (QED) is 0.854. The number of carbonyl (C=O) groups is 1. The second-order valence-electron chi connectivity index (χ2n) is 9.71. The third-order valence-corrected chi connectivity index (χ3v) is 8.63. The van der Waals surface area contributed by atoms with Gasteiger partial charge in [0.1, 0.15) is 0 Å². The topological polar surface area (TPSA) is 49.8 Å². The SMILES string of the molecule is CCOC1CC(O)C12CCN(C(=O)C1C3CC4CC(C3)CC1C4)CC2. The van der Waals surface area contributed by atoms with E-state index < -0.39 is 0 Å². The summed E-state index contributed by atoms with van der Waals surface area (Å²) in [6.07, 6.45) is 9.26. The average Bonchev–Trinajstić information content (AvgIpc) is 2.60. The Morgan fingerprint density at radius 2 is 1.64 bits per heavy atom. The summed E-state index contributed by atoms with van der Waals surface area (Å²) in [5.74, 6) is 3.96. The van der Waals surface area contributed by atoms with E-state index in [0.29, 0.717) is 23.7 Å². The first-order valence-corrected chi connectivity index (χ1v) is 10.7. The van der Waals surface area contributed by atoms with Crippen molar-refractivity contribution in [2.75, 3.05) is 19.7 Å². The zero-order valence-electron chi connectivity index (χ0n) is 15.5. The van der Waals surface area contributed by atoms with E-state index in [9.17, 15) is 9.90 Å². The number of likely N-dealkylation sites (tertiary alicyclic amines) is 1. The maximum Gasteiger partial charge on any atom is 0.226 e. The highest BCUT2D eigenvalue weighted by Gasteiger charge is 2.57. The number of aliphatic hydroxyl groups excluding tert-OH is 1. The summed E-state index contributed by atoms with van der Waals surface area (Å²) in [5.41, 5.74) is -0.0726. The van der Waals surface area contributed by atoms with E-state index >= 15 is 0 Å². The van der Waals surface area contributed by atoms with E-state index in [1.807, 2.05) is 6.92 Å². The minimum absolute atomic E-state index is 0.0726. The third kappa shape index (κ3) is 2.43. The molecule has 25 heavy (non-hydrogen) atoms. The van der Waals surface area contributed by atoms with Gasteiger partial charge in [-0.05, 0) is 75.5 Å². The molecule has 0 aromatic carbocycles. The van der Waals surface area contributed by atoms with Crippen molar-refractivity contribution >= 4 is 5.91 Å². The number of hydrogen-bond acceptors (Lipinski definition) is 3. The Morgan fingerprint density at radius 1 is 1.04 bits per heavy atom. The van der Waals surface area contributed by atoms with Crippen molar-refractivity contribution in [2.24, 2.45) is 35.0 Å². The van der Waals surface area contributed by atoms with Crippen LogP contribution in [0.25, 0.3) is 0 Å². The smallest absolute Gasteiger partial charge is 0.226 e. The van der Waals surface area contributed by atoms with Gasteiger partial charge in [-0.15, -0.1) is 0 Å². The van der Waals surface area contributed by atoms with Crippen molar-refractivity contribution in [1.82, 2.24) is 4.90 Å². The highest BCUT2D eigenvalue weighted by atomic mass is 16.5. The fourth-order valence-corrected chi connectivity index (χ4v) is 7.50. The first-order valence-electron chi connectivity index (χ1n) is 10.7. The molecule has 4 heteroatoms. The fourth-order valence-electron chi connectivity index (χ4n) is 7.50. The minimum Gasteiger partial charge on any atom is -0.392 e. The Morgan fingerprint density at radius 3 is 2.16 bits per heavy atom. The van der Waals surface area contributed by atoms with Gasteiger partial charge in [0.25, 0.3) is 0 Å².